The van der Waals surface area contributed by atoms with Crippen molar-refractivity contribution in [1.29, 1.82) is 0 Å². The first-order valence-corrected chi connectivity index (χ1v) is 7.47. The SMILES string of the molecule is O=C(CCc1cccc(Br)c1)c1cc2cc(F)ccc2[nH]1. The molecule has 0 aliphatic rings. The second-order valence-corrected chi connectivity index (χ2v) is 5.88. The summed E-state index contributed by atoms with van der Waals surface area (Å²) in [6, 6.07) is 14.1. The molecule has 1 N–H and O–H groups in total. The van der Waals surface area contributed by atoms with Crippen molar-refractivity contribution in [2.45, 2.75) is 12.8 Å². The molecule has 0 aliphatic carbocycles. The lowest BCUT2D eigenvalue weighted by Gasteiger charge is -2.01. The molecule has 2 nitrogen and oxygen atoms in total. The second-order valence-electron chi connectivity index (χ2n) is 4.97. The van der Waals surface area contributed by atoms with Gasteiger partial charge in [-0.1, -0.05) is 28.1 Å². The summed E-state index contributed by atoms with van der Waals surface area (Å²) in [5, 5.41) is 0.723. The molecule has 0 atom stereocenters. The number of benzene rings is 2. The van der Waals surface area contributed by atoms with Gasteiger partial charge in [0.05, 0.1) is 5.69 Å². The molecule has 0 spiro atoms. The zero-order valence-corrected chi connectivity index (χ0v) is 12.8. The molecule has 0 bridgehead atoms. The lowest BCUT2D eigenvalue weighted by atomic mass is 10.1. The molecule has 4 heteroatoms. The Morgan fingerprint density at radius 2 is 2.00 bits per heavy atom. The van der Waals surface area contributed by atoms with E-state index >= 15 is 0 Å². The van der Waals surface area contributed by atoms with Crippen LogP contribution in [0.25, 0.3) is 10.9 Å². The number of aromatic nitrogens is 1. The number of carbonyl (C=O) groups is 1. The van der Waals surface area contributed by atoms with E-state index in [1.807, 2.05) is 24.3 Å². The maximum atomic E-state index is 13.2. The Bertz CT molecular complexity index is 809. The van der Waals surface area contributed by atoms with Crippen LogP contribution in [-0.2, 0) is 6.42 Å². The summed E-state index contributed by atoms with van der Waals surface area (Å²) >= 11 is 3.42. The number of Topliss-reactive ketones (excluding diaryl/α,β-unsaturated/α-hetero) is 1. The number of rotatable bonds is 4. The number of hydrogen-bond donors (Lipinski definition) is 1. The van der Waals surface area contributed by atoms with Gasteiger partial charge in [-0.25, -0.2) is 4.39 Å². The lowest BCUT2D eigenvalue weighted by molar-refractivity contribution is 0.0979. The zero-order valence-electron chi connectivity index (χ0n) is 11.2. The normalized spacial score (nSPS) is 11.0. The van der Waals surface area contributed by atoms with Gasteiger partial charge in [0.15, 0.2) is 5.78 Å². The molecule has 0 fully saturated rings. The van der Waals surface area contributed by atoms with E-state index in [9.17, 15) is 9.18 Å². The molecule has 0 saturated carbocycles. The minimum absolute atomic E-state index is 0.0339. The number of fused-ring (bicyclic) bond motifs is 1. The van der Waals surface area contributed by atoms with Crippen molar-refractivity contribution in [3.05, 3.63) is 70.1 Å². The number of hydrogen-bond acceptors (Lipinski definition) is 1. The van der Waals surface area contributed by atoms with Crippen LogP contribution in [0.15, 0.2) is 53.0 Å². The number of halogens is 2. The largest absolute Gasteiger partial charge is 0.352 e. The maximum absolute atomic E-state index is 13.2. The molecule has 1 heterocycles. The topological polar surface area (TPSA) is 32.9 Å². The van der Waals surface area contributed by atoms with Gasteiger partial charge in [-0.15, -0.1) is 0 Å². The quantitative estimate of drug-likeness (QED) is 0.671. The van der Waals surface area contributed by atoms with E-state index in [0.29, 0.717) is 18.5 Å². The molecule has 0 unspecified atom stereocenters. The van der Waals surface area contributed by atoms with Crippen molar-refractivity contribution < 1.29 is 9.18 Å². The smallest absolute Gasteiger partial charge is 0.179 e. The van der Waals surface area contributed by atoms with E-state index in [1.165, 1.54) is 12.1 Å². The molecule has 2 aromatic carbocycles. The molecule has 0 aliphatic heterocycles. The van der Waals surface area contributed by atoms with E-state index in [0.717, 1.165) is 20.9 Å². The van der Waals surface area contributed by atoms with Gasteiger partial charge >= 0.3 is 0 Å². The molecule has 3 aromatic rings. The van der Waals surface area contributed by atoms with E-state index in [2.05, 4.69) is 20.9 Å². The van der Waals surface area contributed by atoms with Gasteiger partial charge in [-0.3, -0.25) is 4.79 Å². The predicted molar refractivity (Wildman–Crippen MR) is 85.1 cm³/mol. The predicted octanol–water partition coefficient (Wildman–Crippen LogP) is 4.89. The van der Waals surface area contributed by atoms with Crippen molar-refractivity contribution in [2.75, 3.05) is 0 Å². The first-order chi connectivity index (χ1) is 10.1. The fourth-order valence-corrected chi connectivity index (χ4v) is 2.79. The Morgan fingerprint density at radius 1 is 1.14 bits per heavy atom. The summed E-state index contributed by atoms with van der Waals surface area (Å²) in [6.45, 7) is 0. The van der Waals surface area contributed by atoms with Crippen LogP contribution < -0.4 is 0 Å². The van der Waals surface area contributed by atoms with Gasteiger partial charge in [0.25, 0.3) is 0 Å². The van der Waals surface area contributed by atoms with Crippen LogP contribution in [0.4, 0.5) is 4.39 Å². The first-order valence-electron chi connectivity index (χ1n) is 6.68. The molecule has 21 heavy (non-hydrogen) atoms. The van der Waals surface area contributed by atoms with Crippen molar-refractivity contribution in [3.8, 4) is 0 Å². The Kier molecular flexibility index (Phi) is 3.88. The van der Waals surface area contributed by atoms with Crippen molar-refractivity contribution in [2.24, 2.45) is 0 Å². The van der Waals surface area contributed by atoms with Crippen LogP contribution in [0.3, 0.4) is 0 Å². The Balaban J connectivity index is 1.74. The van der Waals surface area contributed by atoms with Crippen LogP contribution >= 0.6 is 15.9 Å². The van der Waals surface area contributed by atoms with Gasteiger partial charge < -0.3 is 4.98 Å². The molecule has 0 radical (unpaired) electrons. The summed E-state index contributed by atoms with van der Waals surface area (Å²) in [4.78, 5) is 15.3. The third kappa shape index (κ3) is 3.22. The summed E-state index contributed by atoms with van der Waals surface area (Å²) in [5.74, 6) is -0.263. The monoisotopic (exact) mass is 345 g/mol. The molecule has 3 rings (SSSR count). The molecule has 1 aromatic heterocycles. The summed E-state index contributed by atoms with van der Waals surface area (Å²) < 4.78 is 14.2. The molecule has 0 saturated heterocycles. The highest BCUT2D eigenvalue weighted by Gasteiger charge is 2.10. The third-order valence-corrected chi connectivity index (χ3v) is 3.91. The average Bonchev–Trinajstić information content (AvgIpc) is 2.88. The van der Waals surface area contributed by atoms with E-state index in [4.69, 9.17) is 0 Å². The minimum atomic E-state index is -0.297. The summed E-state index contributed by atoms with van der Waals surface area (Å²) in [7, 11) is 0. The molecular formula is C17H13BrFNO. The molecule has 106 valence electrons. The third-order valence-electron chi connectivity index (χ3n) is 3.41. The number of H-pyrrole nitrogens is 1. The molecule has 0 amide bonds. The van der Waals surface area contributed by atoms with E-state index in [-0.39, 0.29) is 11.6 Å². The Labute approximate surface area is 130 Å². The molecular weight excluding hydrogens is 333 g/mol. The highest BCUT2D eigenvalue weighted by atomic mass is 79.9. The van der Waals surface area contributed by atoms with Crippen LogP contribution in [0.2, 0.25) is 0 Å². The Hall–Kier alpha value is -1.94. The number of aromatic amines is 1. The van der Waals surface area contributed by atoms with E-state index in [1.54, 1.807) is 12.1 Å². The van der Waals surface area contributed by atoms with Gasteiger partial charge in [0.1, 0.15) is 5.82 Å². The fourth-order valence-electron chi connectivity index (χ4n) is 2.34. The van der Waals surface area contributed by atoms with E-state index < -0.39 is 0 Å². The standard InChI is InChI=1S/C17H13BrFNO/c18-13-3-1-2-11(8-13)4-7-17(21)16-10-12-9-14(19)5-6-15(12)20-16/h1-3,5-6,8-10,20H,4,7H2. The highest BCUT2D eigenvalue weighted by Crippen LogP contribution is 2.19. The van der Waals surface area contributed by atoms with Gasteiger partial charge in [-0.2, -0.15) is 0 Å². The number of carbonyl (C=O) groups excluding carboxylic acids is 1. The van der Waals surface area contributed by atoms with Crippen LogP contribution in [-0.4, -0.2) is 10.8 Å². The van der Waals surface area contributed by atoms with Crippen molar-refractivity contribution in [1.82, 2.24) is 4.98 Å². The lowest BCUT2D eigenvalue weighted by Crippen LogP contribution is -2.01. The average molecular weight is 346 g/mol. The zero-order chi connectivity index (χ0) is 14.8. The van der Waals surface area contributed by atoms with Crippen molar-refractivity contribution >= 4 is 32.6 Å². The summed E-state index contributed by atoms with van der Waals surface area (Å²) in [6.07, 6.45) is 1.10. The van der Waals surface area contributed by atoms with Gasteiger partial charge in [-0.05, 0) is 48.4 Å². The Morgan fingerprint density at radius 3 is 2.81 bits per heavy atom. The second kappa shape index (κ2) is 5.82. The van der Waals surface area contributed by atoms with Crippen LogP contribution in [0.1, 0.15) is 22.5 Å². The maximum Gasteiger partial charge on any atom is 0.179 e. The van der Waals surface area contributed by atoms with Crippen molar-refractivity contribution in [3.63, 3.8) is 0 Å². The van der Waals surface area contributed by atoms with Gasteiger partial charge in [0.2, 0.25) is 0 Å². The van der Waals surface area contributed by atoms with Crippen LogP contribution in [0, 0.1) is 5.82 Å². The number of nitrogens with one attached hydrogen (secondary N) is 1. The van der Waals surface area contributed by atoms with Crippen LogP contribution in [0.5, 0.6) is 0 Å². The summed E-state index contributed by atoms with van der Waals surface area (Å²) in [5.41, 5.74) is 2.42. The first kappa shape index (κ1) is 14.0. The fraction of sp³-hybridized carbons (Fsp3) is 0.118. The number of aryl methyl sites for hydroxylation is 1. The number of ketones is 1. The minimum Gasteiger partial charge on any atom is -0.352 e. The van der Waals surface area contributed by atoms with Gasteiger partial charge in [0, 0.05) is 21.8 Å². The highest BCUT2D eigenvalue weighted by molar-refractivity contribution is 9.10.